The number of benzene rings is 1. The van der Waals surface area contributed by atoms with Gasteiger partial charge in [-0.2, -0.15) is 0 Å². The van der Waals surface area contributed by atoms with E-state index in [2.05, 4.69) is 11.8 Å². The van der Waals surface area contributed by atoms with Gasteiger partial charge in [-0.25, -0.2) is 0 Å². The molecule has 14 heavy (non-hydrogen) atoms. The second kappa shape index (κ2) is 5.54. The maximum absolute atomic E-state index is 5.87. The monoisotopic (exact) mass is 209 g/mol. The van der Waals surface area contributed by atoms with E-state index in [4.69, 9.17) is 22.1 Å². The maximum atomic E-state index is 5.87. The van der Waals surface area contributed by atoms with Crippen LogP contribution >= 0.6 is 11.6 Å². The molecule has 0 heterocycles. The molecular formula is C11H12ClNO. The first-order valence-corrected chi connectivity index (χ1v) is 4.67. The Morgan fingerprint density at radius 2 is 2.21 bits per heavy atom. The first-order chi connectivity index (χ1) is 6.76. The van der Waals surface area contributed by atoms with Gasteiger partial charge in [0.15, 0.2) is 0 Å². The summed E-state index contributed by atoms with van der Waals surface area (Å²) >= 11 is 5.87. The van der Waals surface area contributed by atoms with Crippen LogP contribution in [0.4, 0.5) is 0 Å². The molecule has 0 fully saturated rings. The number of halogens is 1. The molecule has 3 heteroatoms. The van der Waals surface area contributed by atoms with Gasteiger partial charge in [0.1, 0.15) is 5.75 Å². The Hall–Kier alpha value is -1.17. The fourth-order valence-electron chi connectivity index (χ4n) is 0.989. The van der Waals surface area contributed by atoms with Crippen molar-refractivity contribution in [2.24, 2.45) is 5.73 Å². The van der Waals surface area contributed by atoms with E-state index in [9.17, 15) is 0 Å². The molecule has 0 aliphatic heterocycles. The Morgan fingerprint density at radius 1 is 1.43 bits per heavy atom. The predicted octanol–water partition coefficient (Wildman–Crippen LogP) is 2.05. The average molecular weight is 210 g/mol. The summed E-state index contributed by atoms with van der Waals surface area (Å²) in [5, 5.41) is 0.626. The molecule has 0 aromatic heterocycles. The lowest BCUT2D eigenvalue weighted by Crippen LogP contribution is -1.95. The lowest BCUT2D eigenvalue weighted by molar-refractivity contribution is 0.414. The van der Waals surface area contributed by atoms with Gasteiger partial charge in [0.25, 0.3) is 0 Å². The van der Waals surface area contributed by atoms with E-state index < -0.39 is 0 Å². The number of methoxy groups -OCH3 is 1. The molecule has 0 radical (unpaired) electrons. The third kappa shape index (κ3) is 3.29. The molecule has 0 bridgehead atoms. The zero-order chi connectivity index (χ0) is 10.4. The summed E-state index contributed by atoms with van der Waals surface area (Å²) in [7, 11) is 1.60. The van der Waals surface area contributed by atoms with E-state index in [-0.39, 0.29) is 0 Å². The molecular weight excluding hydrogens is 198 g/mol. The number of rotatable bonds is 2. The quantitative estimate of drug-likeness (QED) is 0.757. The van der Waals surface area contributed by atoms with Gasteiger partial charge in [0, 0.05) is 23.6 Å². The number of hydrogen-bond donors (Lipinski definition) is 1. The first kappa shape index (κ1) is 10.9. The molecule has 1 aromatic rings. The van der Waals surface area contributed by atoms with Crippen molar-refractivity contribution in [3.05, 3.63) is 28.8 Å². The standard InChI is InChI=1S/C11H12ClNO/c1-14-11-7-9(4-2-3-5-13)6-10(12)8-11/h6-8H,3,5,13H2,1H3. The summed E-state index contributed by atoms with van der Waals surface area (Å²) < 4.78 is 5.07. The molecule has 0 amide bonds. The van der Waals surface area contributed by atoms with E-state index in [1.165, 1.54) is 0 Å². The summed E-state index contributed by atoms with van der Waals surface area (Å²) in [6, 6.07) is 5.39. The van der Waals surface area contributed by atoms with Gasteiger partial charge in [-0.1, -0.05) is 23.4 Å². The van der Waals surface area contributed by atoms with Gasteiger partial charge in [-0.3, -0.25) is 0 Å². The second-order valence-electron chi connectivity index (χ2n) is 2.72. The maximum Gasteiger partial charge on any atom is 0.121 e. The van der Waals surface area contributed by atoms with Crippen LogP contribution < -0.4 is 10.5 Å². The molecule has 74 valence electrons. The van der Waals surface area contributed by atoms with Gasteiger partial charge < -0.3 is 10.5 Å². The van der Waals surface area contributed by atoms with Crippen LogP contribution in [0, 0.1) is 11.8 Å². The molecule has 0 spiro atoms. The van der Waals surface area contributed by atoms with Crippen LogP contribution in [0.2, 0.25) is 5.02 Å². The predicted molar refractivity (Wildman–Crippen MR) is 58.6 cm³/mol. The zero-order valence-electron chi connectivity index (χ0n) is 8.01. The highest BCUT2D eigenvalue weighted by Gasteiger charge is 1.96. The van der Waals surface area contributed by atoms with Crippen LogP contribution in [0.1, 0.15) is 12.0 Å². The summed E-state index contributed by atoms with van der Waals surface area (Å²) in [6.07, 6.45) is 0.689. The van der Waals surface area contributed by atoms with Crippen molar-refractivity contribution >= 4 is 11.6 Å². The molecule has 0 aliphatic rings. The Balaban J connectivity index is 2.88. The first-order valence-electron chi connectivity index (χ1n) is 4.30. The summed E-state index contributed by atoms with van der Waals surface area (Å²) in [6.45, 7) is 0.574. The number of hydrogen-bond acceptors (Lipinski definition) is 2. The van der Waals surface area contributed by atoms with Crippen molar-refractivity contribution in [1.29, 1.82) is 0 Å². The Kier molecular flexibility index (Phi) is 4.31. The third-order valence-corrected chi connectivity index (χ3v) is 1.83. The topological polar surface area (TPSA) is 35.2 Å². The Morgan fingerprint density at radius 3 is 2.86 bits per heavy atom. The van der Waals surface area contributed by atoms with Crippen molar-refractivity contribution < 1.29 is 4.74 Å². The molecule has 1 rings (SSSR count). The SMILES string of the molecule is COc1cc(Cl)cc(C#CCCN)c1. The largest absolute Gasteiger partial charge is 0.497 e. The summed E-state index contributed by atoms with van der Waals surface area (Å²) in [5.74, 6) is 6.62. The fraction of sp³-hybridized carbons (Fsp3) is 0.273. The summed E-state index contributed by atoms with van der Waals surface area (Å²) in [5.41, 5.74) is 6.18. The molecule has 0 saturated heterocycles. The van der Waals surface area contributed by atoms with Gasteiger partial charge >= 0.3 is 0 Å². The lowest BCUT2D eigenvalue weighted by Gasteiger charge is -2.00. The van der Waals surface area contributed by atoms with Gasteiger partial charge in [0.2, 0.25) is 0 Å². The van der Waals surface area contributed by atoms with Gasteiger partial charge in [0.05, 0.1) is 7.11 Å². The zero-order valence-corrected chi connectivity index (χ0v) is 8.77. The van der Waals surface area contributed by atoms with Crippen LogP contribution in [0.15, 0.2) is 18.2 Å². The van der Waals surface area contributed by atoms with Crippen molar-refractivity contribution in [1.82, 2.24) is 0 Å². The van der Waals surface area contributed by atoms with Crippen LogP contribution in [-0.2, 0) is 0 Å². The van der Waals surface area contributed by atoms with Gasteiger partial charge in [-0.15, -0.1) is 0 Å². The highest BCUT2D eigenvalue weighted by Crippen LogP contribution is 2.19. The molecule has 0 unspecified atom stereocenters. The van der Waals surface area contributed by atoms with Crippen molar-refractivity contribution in [2.75, 3.05) is 13.7 Å². The minimum absolute atomic E-state index is 0.574. The fourth-order valence-corrected chi connectivity index (χ4v) is 1.21. The highest BCUT2D eigenvalue weighted by molar-refractivity contribution is 6.30. The molecule has 2 nitrogen and oxygen atoms in total. The third-order valence-electron chi connectivity index (χ3n) is 1.61. The molecule has 0 atom stereocenters. The smallest absolute Gasteiger partial charge is 0.121 e. The molecule has 0 saturated carbocycles. The summed E-state index contributed by atoms with van der Waals surface area (Å²) in [4.78, 5) is 0. The molecule has 2 N–H and O–H groups in total. The number of nitrogens with two attached hydrogens (primary N) is 1. The van der Waals surface area contributed by atoms with E-state index in [1.54, 1.807) is 19.2 Å². The van der Waals surface area contributed by atoms with Crippen molar-refractivity contribution in [3.8, 4) is 17.6 Å². The van der Waals surface area contributed by atoms with Crippen molar-refractivity contribution in [3.63, 3.8) is 0 Å². The molecule has 0 aliphatic carbocycles. The minimum Gasteiger partial charge on any atom is -0.497 e. The number of ether oxygens (including phenoxy) is 1. The van der Waals surface area contributed by atoms with Crippen LogP contribution in [0.5, 0.6) is 5.75 Å². The van der Waals surface area contributed by atoms with Crippen LogP contribution in [0.3, 0.4) is 0 Å². The highest BCUT2D eigenvalue weighted by atomic mass is 35.5. The second-order valence-corrected chi connectivity index (χ2v) is 3.16. The van der Waals surface area contributed by atoms with Crippen molar-refractivity contribution in [2.45, 2.75) is 6.42 Å². The Labute approximate surface area is 89.0 Å². The van der Waals surface area contributed by atoms with E-state index >= 15 is 0 Å². The average Bonchev–Trinajstić information content (AvgIpc) is 2.17. The van der Waals surface area contributed by atoms with E-state index in [1.807, 2.05) is 6.07 Å². The van der Waals surface area contributed by atoms with Crippen LogP contribution in [-0.4, -0.2) is 13.7 Å². The van der Waals surface area contributed by atoms with E-state index in [0.717, 1.165) is 11.3 Å². The lowest BCUT2D eigenvalue weighted by atomic mass is 10.2. The normalized spacial score (nSPS) is 9.07. The van der Waals surface area contributed by atoms with E-state index in [0.29, 0.717) is 18.0 Å². The van der Waals surface area contributed by atoms with Crippen LogP contribution in [0.25, 0.3) is 0 Å². The molecule has 1 aromatic carbocycles. The Bertz CT molecular complexity index is 365. The van der Waals surface area contributed by atoms with Gasteiger partial charge in [-0.05, 0) is 18.2 Å². The minimum atomic E-state index is 0.574.